The standard InChI is InChI=1S/C12H18N4O4/c13-15-6-4-11(17)19-9-2-1-3-10(8-9)20-12(18)5-7-16-14/h1-3,8,15-16H,4-7,13-14H2. The zero-order chi connectivity index (χ0) is 14.8. The molecular formula is C12H18N4O4. The third kappa shape index (κ3) is 6.25. The van der Waals surface area contributed by atoms with Crippen molar-refractivity contribution >= 4 is 11.9 Å². The molecule has 0 aliphatic carbocycles. The van der Waals surface area contributed by atoms with Crippen LogP contribution in [0.1, 0.15) is 12.8 Å². The number of esters is 2. The number of hydrazine groups is 2. The summed E-state index contributed by atoms with van der Waals surface area (Å²) < 4.78 is 10.1. The van der Waals surface area contributed by atoms with Crippen LogP contribution in [0.2, 0.25) is 0 Å². The van der Waals surface area contributed by atoms with Gasteiger partial charge >= 0.3 is 11.9 Å². The Morgan fingerprint density at radius 1 is 0.950 bits per heavy atom. The number of benzene rings is 1. The molecule has 0 saturated carbocycles. The second-order valence-corrected chi connectivity index (χ2v) is 3.83. The first-order valence-electron chi connectivity index (χ1n) is 6.04. The Morgan fingerprint density at radius 2 is 1.40 bits per heavy atom. The summed E-state index contributed by atoms with van der Waals surface area (Å²) in [6, 6.07) is 6.26. The van der Waals surface area contributed by atoms with Crippen molar-refractivity contribution in [1.29, 1.82) is 0 Å². The second kappa shape index (κ2) is 8.99. The molecule has 1 aromatic carbocycles. The average Bonchev–Trinajstić information content (AvgIpc) is 2.43. The Bertz CT molecular complexity index is 416. The van der Waals surface area contributed by atoms with E-state index in [2.05, 4.69) is 10.9 Å². The van der Waals surface area contributed by atoms with Crippen LogP contribution >= 0.6 is 0 Å². The van der Waals surface area contributed by atoms with Gasteiger partial charge in [-0.1, -0.05) is 6.07 Å². The highest BCUT2D eigenvalue weighted by Gasteiger charge is 2.08. The highest BCUT2D eigenvalue weighted by atomic mass is 16.5. The van der Waals surface area contributed by atoms with Crippen LogP contribution in [-0.4, -0.2) is 25.0 Å². The minimum absolute atomic E-state index is 0.142. The topological polar surface area (TPSA) is 129 Å². The van der Waals surface area contributed by atoms with Gasteiger partial charge in [-0.15, -0.1) is 0 Å². The zero-order valence-electron chi connectivity index (χ0n) is 10.9. The van der Waals surface area contributed by atoms with Crippen LogP contribution in [0.25, 0.3) is 0 Å². The molecule has 0 radical (unpaired) electrons. The van der Waals surface area contributed by atoms with Crippen molar-refractivity contribution in [3.8, 4) is 11.5 Å². The first-order chi connectivity index (χ1) is 9.65. The molecule has 0 heterocycles. The van der Waals surface area contributed by atoms with Gasteiger partial charge in [-0.3, -0.25) is 32.1 Å². The number of hydrogen-bond acceptors (Lipinski definition) is 8. The van der Waals surface area contributed by atoms with E-state index < -0.39 is 11.9 Å². The van der Waals surface area contributed by atoms with Crippen LogP contribution in [0, 0.1) is 0 Å². The first-order valence-corrected chi connectivity index (χ1v) is 6.04. The number of rotatable bonds is 8. The molecule has 0 fully saturated rings. The molecule has 0 saturated heterocycles. The van der Waals surface area contributed by atoms with Crippen LogP contribution in [0.15, 0.2) is 24.3 Å². The predicted molar refractivity (Wildman–Crippen MR) is 71.3 cm³/mol. The summed E-state index contributed by atoms with van der Waals surface area (Å²) in [4.78, 5) is 22.8. The van der Waals surface area contributed by atoms with Gasteiger partial charge in [0, 0.05) is 19.2 Å². The van der Waals surface area contributed by atoms with Crippen molar-refractivity contribution < 1.29 is 19.1 Å². The number of nitrogens with two attached hydrogens (primary N) is 2. The molecule has 20 heavy (non-hydrogen) atoms. The fraction of sp³-hybridized carbons (Fsp3) is 0.333. The summed E-state index contributed by atoms with van der Waals surface area (Å²) in [6.07, 6.45) is 0.283. The lowest BCUT2D eigenvalue weighted by Gasteiger charge is -2.07. The normalized spacial score (nSPS) is 10.1. The molecule has 0 bridgehead atoms. The van der Waals surface area contributed by atoms with Crippen molar-refractivity contribution in [2.45, 2.75) is 12.8 Å². The monoisotopic (exact) mass is 282 g/mol. The van der Waals surface area contributed by atoms with Gasteiger partial charge in [-0.25, -0.2) is 0 Å². The lowest BCUT2D eigenvalue weighted by atomic mass is 10.3. The number of carbonyl (C=O) groups is 2. The number of carbonyl (C=O) groups excluding carboxylic acids is 2. The summed E-state index contributed by atoms with van der Waals surface area (Å²) in [5.41, 5.74) is 4.71. The van der Waals surface area contributed by atoms with Crippen LogP contribution in [0.3, 0.4) is 0 Å². The number of ether oxygens (including phenoxy) is 2. The van der Waals surface area contributed by atoms with E-state index >= 15 is 0 Å². The highest BCUT2D eigenvalue weighted by molar-refractivity contribution is 5.74. The van der Waals surface area contributed by atoms with Crippen LogP contribution in [0.4, 0.5) is 0 Å². The van der Waals surface area contributed by atoms with Crippen molar-refractivity contribution in [2.24, 2.45) is 11.7 Å². The van der Waals surface area contributed by atoms with Gasteiger partial charge in [0.25, 0.3) is 0 Å². The quantitative estimate of drug-likeness (QED) is 0.211. The number of nitrogens with one attached hydrogen (secondary N) is 2. The van der Waals surface area contributed by atoms with Crippen LogP contribution < -0.4 is 32.0 Å². The summed E-state index contributed by atoms with van der Waals surface area (Å²) in [6.45, 7) is 0.638. The maximum Gasteiger partial charge on any atom is 0.312 e. The minimum atomic E-state index is -0.432. The molecule has 0 aromatic heterocycles. The largest absolute Gasteiger partial charge is 0.426 e. The summed E-state index contributed by atoms with van der Waals surface area (Å²) in [5, 5.41) is 0. The van der Waals surface area contributed by atoms with Crippen molar-refractivity contribution in [3.05, 3.63) is 24.3 Å². The van der Waals surface area contributed by atoms with E-state index in [9.17, 15) is 9.59 Å². The molecule has 1 aromatic rings. The molecule has 1 rings (SSSR count). The van der Waals surface area contributed by atoms with Crippen molar-refractivity contribution in [2.75, 3.05) is 13.1 Å². The molecule has 0 amide bonds. The summed E-state index contributed by atoms with van der Waals surface area (Å²) in [7, 11) is 0. The van der Waals surface area contributed by atoms with Crippen LogP contribution in [-0.2, 0) is 9.59 Å². The maximum absolute atomic E-state index is 11.4. The molecule has 8 heteroatoms. The second-order valence-electron chi connectivity index (χ2n) is 3.83. The summed E-state index contributed by atoms with van der Waals surface area (Å²) >= 11 is 0. The van der Waals surface area contributed by atoms with Gasteiger partial charge in [0.2, 0.25) is 0 Å². The molecular weight excluding hydrogens is 264 g/mol. The molecule has 0 aliphatic rings. The zero-order valence-corrected chi connectivity index (χ0v) is 10.9. The van der Waals surface area contributed by atoms with Crippen LogP contribution in [0.5, 0.6) is 11.5 Å². The Morgan fingerprint density at radius 3 is 1.80 bits per heavy atom. The molecule has 0 atom stereocenters. The van der Waals surface area contributed by atoms with E-state index in [0.717, 1.165) is 0 Å². The van der Waals surface area contributed by atoms with Gasteiger partial charge in [-0.2, -0.15) is 0 Å². The highest BCUT2D eigenvalue weighted by Crippen LogP contribution is 2.20. The first kappa shape index (κ1) is 16.1. The van der Waals surface area contributed by atoms with E-state index in [-0.39, 0.29) is 12.8 Å². The molecule has 0 unspecified atom stereocenters. The molecule has 8 nitrogen and oxygen atoms in total. The third-order valence-electron chi connectivity index (χ3n) is 2.22. The average molecular weight is 282 g/mol. The lowest BCUT2D eigenvalue weighted by molar-refractivity contribution is -0.134. The maximum atomic E-state index is 11.4. The SMILES string of the molecule is NNCCC(=O)Oc1cccc(OC(=O)CCNN)c1. The van der Waals surface area contributed by atoms with Gasteiger partial charge in [0.05, 0.1) is 12.8 Å². The fourth-order valence-corrected chi connectivity index (χ4v) is 1.31. The Labute approximate surface area is 116 Å². The molecule has 110 valence electrons. The Balaban J connectivity index is 2.52. The van der Waals surface area contributed by atoms with E-state index in [0.29, 0.717) is 24.6 Å². The molecule has 6 N–H and O–H groups in total. The van der Waals surface area contributed by atoms with Gasteiger partial charge in [-0.05, 0) is 12.1 Å². The van der Waals surface area contributed by atoms with Gasteiger partial charge in [0.15, 0.2) is 0 Å². The third-order valence-corrected chi connectivity index (χ3v) is 2.22. The molecule has 0 aliphatic heterocycles. The van der Waals surface area contributed by atoms with E-state index in [1.165, 1.54) is 6.07 Å². The van der Waals surface area contributed by atoms with Crippen molar-refractivity contribution in [1.82, 2.24) is 10.9 Å². The Hall–Kier alpha value is -2.00. The van der Waals surface area contributed by atoms with Gasteiger partial charge in [0.1, 0.15) is 11.5 Å². The van der Waals surface area contributed by atoms with Crippen molar-refractivity contribution in [3.63, 3.8) is 0 Å². The van der Waals surface area contributed by atoms with E-state index in [4.69, 9.17) is 21.2 Å². The smallest absolute Gasteiger partial charge is 0.312 e. The summed E-state index contributed by atoms with van der Waals surface area (Å²) in [5.74, 6) is 9.86. The molecule has 0 spiro atoms. The Kier molecular flexibility index (Phi) is 7.22. The van der Waals surface area contributed by atoms with Gasteiger partial charge < -0.3 is 9.47 Å². The predicted octanol–water partition coefficient (Wildman–Crippen LogP) is -0.796. The fourth-order valence-electron chi connectivity index (χ4n) is 1.31. The minimum Gasteiger partial charge on any atom is -0.426 e. The number of hydrogen-bond donors (Lipinski definition) is 4. The lowest BCUT2D eigenvalue weighted by Crippen LogP contribution is -2.26. The van der Waals surface area contributed by atoms with E-state index in [1.807, 2.05) is 0 Å². The van der Waals surface area contributed by atoms with E-state index in [1.54, 1.807) is 18.2 Å².